The third-order valence-corrected chi connectivity index (χ3v) is 6.39. The largest absolute Gasteiger partial charge is 0.491 e. The molecule has 0 amide bonds. The van der Waals surface area contributed by atoms with Gasteiger partial charge in [-0.3, -0.25) is 0 Å². The van der Waals surface area contributed by atoms with Crippen LogP contribution in [0.3, 0.4) is 0 Å². The molecule has 5 nitrogen and oxygen atoms in total. The van der Waals surface area contributed by atoms with E-state index in [9.17, 15) is 8.42 Å². The topological polar surface area (TPSA) is 55.8 Å². The van der Waals surface area contributed by atoms with E-state index in [4.69, 9.17) is 21.1 Å². The van der Waals surface area contributed by atoms with E-state index in [0.29, 0.717) is 30.6 Å². The van der Waals surface area contributed by atoms with Gasteiger partial charge in [-0.15, -0.1) is 0 Å². The predicted molar refractivity (Wildman–Crippen MR) is 103 cm³/mol. The summed E-state index contributed by atoms with van der Waals surface area (Å²) in [5, 5.41) is 0.542. The van der Waals surface area contributed by atoms with Crippen molar-refractivity contribution in [2.24, 2.45) is 0 Å². The molecule has 0 N–H and O–H groups in total. The van der Waals surface area contributed by atoms with Crippen molar-refractivity contribution < 1.29 is 17.9 Å². The van der Waals surface area contributed by atoms with Gasteiger partial charge in [0.05, 0.1) is 11.5 Å². The lowest BCUT2D eigenvalue weighted by Crippen LogP contribution is -2.30. The van der Waals surface area contributed by atoms with Gasteiger partial charge in [0.15, 0.2) is 0 Å². The molecule has 0 heterocycles. The van der Waals surface area contributed by atoms with E-state index in [0.717, 1.165) is 5.56 Å². The highest BCUT2D eigenvalue weighted by molar-refractivity contribution is 7.89. The van der Waals surface area contributed by atoms with Crippen molar-refractivity contribution >= 4 is 21.6 Å². The molecule has 2 aromatic carbocycles. The summed E-state index contributed by atoms with van der Waals surface area (Å²) in [4.78, 5) is 0.205. The first-order chi connectivity index (χ1) is 12.4. The number of hydrogen-bond acceptors (Lipinski definition) is 4. The normalized spacial score (nSPS) is 13.0. The van der Waals surface area contributed by atoms with Crippen molar-refractivity contribution in [2.45, 2.75) is 24.8 Å². The highest BCUT2D eigenvalue weighted by atomic mass is 35.5. The van der Waals surface area contributed by atoms with Crippen LogP contribution in [-0.2, 0) is 14.8 Å². The van der Waals surface area contributed by atoms with Gasteiger partial charge in [0.2, 0.25) is 10.0 Å². The summed E-state index contributed by atoms with van der Waals surface area (Å²) in [5.41, 5.74) is 0.760. The molecule has 0 aliphatic carbocycles. The van der Waals surface area contributed by atoms with Crippen molar-refractivity contribution in [1.29, 1.82) is 0 Å². The van der Waals surface area contributed by atoms with E-state index in [1.807, 2.05) is 32.0 Å². The summed E-state index contributed by atoms with van der Waals surface area (Å²) in [6.45, 7) is 5.28. The van der Waals surface area contributed by atoms with Gasteiger partial charge in [-0.2, -0.15) is 4.31 Å². The van der Waals surface area contributed by atoms with Gasteiger partial charge in [0.1, 0.15) is 12.4 Å². The zero-order chi connectivity index (χ0) is 19.2. The maximum absolute atomic E-state index is 12.9. The summed E-state index contributed by atoms with van der Waals surface area (Å²) in [6.07, 6.45) is 0. The molecule has 0 aliphatic heterocycles. The van der Waals surface area contributed by atoms with E-state index in [1.54, 1.807) is 37.4 Å². The minimum atomic E-state index is -3.65. The quantitative estimate of drug-likeness (QED) is 0.597. The smallest absolute Gasteiger partial charge is 0.243 e. The summed E-state index contributed by atoms with van der Waals surface area (Å²) in [7, 11) is -2.10. The standard InChI is InChI=1S/C19H24ClNO4S/c1-4-24-13-14-25-16-9-11-17(12-10-16)26(22,23)21(3)15(2)18-7-5-6-8-19(18)20/h5-12,15H,4,13-14H2,1-3H3. The minimum Gasteiger partial charge on any atom is -0.491 e. The first-order valence-corrected chi connectivity index (χ1v) is 10.2. The Hall–Kier alpha value is -1.60. The number of nitrogens with zero attached hydrogens (tertiary/aromatic N) is 1. The molecule has 0 fully saturated rings. The van der Waals surface area contributed by atoms with Crippen molar-refractivity contribution in [3.05, 3.63) is 59.1 Å². The Bertz CT molecular complexity index is 809. The lowest BCUT2D eigenvalue weighted by atomic mass is 10.1. The van der Waals surface area contributed by atoms with Crippen LogP contribution in [0.5, 0.6) is 5.75 Å². The van der Waals surface area contributed by atoms with Gasteiger partial charge < -0.3 is 9.47 Å². The molecule has 1 unspecified atom stereocenters. The van der Waals surface area contributed by atoms with Crippen molar-refractivity contribution in [3.8, 4) is 5.75 Å². The SMILES string of the molecule is CCOCCOc1ccc(S(=O)(=O)N(C)C(C)c2ccccc2Cl)cc1. The van der Waals surface area contributed by atoms with Crippen molar-refractivity contribution in [2.75, 3.05) is 26.9 Å². The Morgan fingerprint density at radius 3 is 2.35 bits per heavy atom. The maximum Gasteiger partial charge on any atom is 0.243 e. The molecule has 7 heteroatoms. The third-order valence-electron chi connectivity index (χ3n) is 4.10. The van der Waals surface area contributed by atoms with Gasteiger partial charge in [-0.05, 0) is 49.7 Å². The molecular formula is C19H24ClNO4S. The van der Waals surface area contributed by atoms with E-state index >= 15 is 0 Å². The zero-order valence-corrected chi connectivity index (χ0v) is 16.8. The van der Waals surface area contributed by atoms with Crippen LogP contribution in [0.1, 0.15) is 25.5 Å². The average molecular weight is 398 g/mol. The summed E-state index contributed by atoms with van der Waals surface area (Å²) in [6, 6.07) is 13.2. The Morgan fingerprint density at radius 1 is 1.08 bits per heavy atom. The minimum absolute atomic E-state index is 0.205. The highest BCUT2D eigenvalue weighted by Gasteiger charge is 2.27. The lowest BCUT2D eigenvalue weighted by molar-refractivity contribution is 0.110. The Balaban J connectivity index is 2.12. The second-order valence-corrected chi connectivity index (χ2v) is 8.14. The van der Waals surface area contributed by atoms with Crippen LogP contribution in [-0.4, -0.2) is 39.6 Å². The molecule has 0 aromatic heterocycles. The number of rotatable bonds is 9. The molecule has 0 saturated carbocycles. The van der Waals surface area contributed by atoms with Crippen LogP contribution >= 0.6 is 11.6 Å². The Morgan fingerprint density at radius 2 is 1.73 bits per heavy atom. The van der Waals surface area contributed by atoms with Crippen LogP contribution in [0.4, 0.5) is 0 Å². The second kappa shape index (κ2) is 9.37. The van der Waals surface area contributed by atoms with Crippen molar-refractivity contribution in [3.63, 3.8) is 0 Å². The fourth-order valence-electron chi connectivity index (χ4n) is 2.45. The second-order valence-electron chi connectivity index (χ2n) is 5.74. The van der Waals surface area contributed by atoms with Crippen LogP contribution in [0, 0.1) is 0 Å². The lowest BCUT2D eigenvalue weighted by Gasteiger charge is -2.25. The van der Waals surface area contributed by atoms with Crippen molar-refractivity contribution in [1.82, 2.24) is 4.31 Å². The summed E-state index contributed by atoms with van der Waals surface area (Å²) >= 11 is 6.20. The molecule has 2 rings (SSSR count). The van der Waals surface area contributed by atoms with E-state index in [2.05, 4.69) is 0 Å². The summed E-state index contributed by atoms with van der Waals surface area (Å²) in [5.74, 6) is 0.602. The van der Waals surface area contributed by atoms with Gasteiger partial charge in [-0.1, -0.05) is 29.8 Å². The number of sulfonamides is 1. The van der Waals surface area contributed by atoms with Crippen LogP contribution < -0.4 is 4.74 Å². The molecule has 26 heavy (non-hydrogen) atoms. The molecule has 0 saturated heterocycles. The Labute approximate surface area is 160 Å². The monoisotopic (exact) mass is 397 g/mol. The third kappa shape index (κ3) is 4.98. The summed E-state index contributed by atoms with van der Waals surface area (Å²) < 4.78 is 37.8. The molecule has 1 atom stereocenters. The number of ether oxygens (including phenoxy) is 2. The fourth-order valence-corrected chi connectivity index (χ4v) is 4.09. The van der Waals surface area contributed by atoms with Gasteiger partial charge in [-0.25, -0.2) is 8.42 Å². The average Bonchev–Trinajstić information content (AvgIpc) is 2.65. The van der Waals surface area contributed by atoms with Gasteiger partial charge >= 0.3 is 0 Å². The Kier molecular flexibility index (Phi) is 7.46. The number of hydrogen-bond donors (Lipinski definition) is 0. The molecule has 0 aliphatic rings. The molecular weight excluding hydrogens is 374 g/mol. The maximum atomic E-state index is 12.9. The van der Waals surface area contributed by atoms with Crippen LogP contribution in [0.25, 0.3) is 0 Å². The van der Waals surface area contributed by atoms with Crippen LogP contribution in [0.2, 0.25) is 5.02 Å². The zero-order valence-electron chi connectivity index (χ0n) is 15.2. The highest BCUT2D eigenvalue weighted by Crippen LogP contribution is 2.30. The van der Waals surface area contributed by atoms with E-state index in [1.165, 1.54) is 4.31 Å². The predicted octanol–water partition coefficient (Wildman–Crippen LogP) is 4.14. The number of benzene rings is 2. The first kappa shape index (κ1) is 20.7. The van der Waals surface area contributed by atoms with Gasteiger partial charge in [0.25, 0.3) is 0 Å². The molecule has 2 aromatic rings. The fraction of sp³-hybridized carbons (Fsp3) is 0.368. The van der Waals surface area contributed by atoms with E-state index < -0.39 is 16.1 Å². The first-order valence-electron chi connectivity index (χ1n) is 8.41. The van der Waals surface area contributed by atoms with E-state index in [-0.39, 0.29) is 4.90 Å². The van der Waals surface area contributed by atoms with Crippen LogP contribution in [0.15, 0.2) is 53.4 Å². The molecule has 0 radical (unpaired) electrons. The van der Waals surface area contributed by atoms with Gasteiger partial charge in [0, 0.05) is 24.7 Å². The molecule has 0 bridgehead atoms. The molecule has 142 valence electrons. The molecule has 0 spiro atoms. The number of halogens is 1.